The van der Waals surface area contributed by atoms with Gasteiger partial charge in [0.25, 0.3) is 0 Å². The second-order valence-corrected chi connectivity index (χ2v) is 3.43. The molecule has 1 heteroatoms. The van der Waals surface area contributed by atoms with Crippen molar-refractivity contribution in [1.29, 1.82) is 0 Å². The van der Waals surface area contributed by atoms with Gasteiger partial charge in [0.05, 0.1) is 0 Å². The molecule has 0 bridgehead atoms. The average molecular weight is 183 g/mol. The highest BCUT2D eigenvalue weighted by atomic mass is 14.9. The van der Waals surface area contributed by atoms with Crippen molar-refractivity contribution in [2.45, 2.75) is 6.92 Å². The van der Waals surface area contributed by atoms with Crippen LogP contribution in [0.3, 0.4) is 0 Å². The maximum absolute atomic E-state index is 3.85. The third-order valence-corrected chi connectivity index (χ3v) is 2.14. The van der Waals surface area contributed by atoms with Crippen molar-refractivity contribution in [2.24, 2.45) is 0 Å². The van der Waals surface area contributed by atoms with Gasteiger partial charge in [-0.25, -0.2) is 0 Å². The number of anilines is 1. The summed E-state index contributed by atoms with van der Waals surface area (Å²) >= 11 is 0. The van der Waals surface area contributed by atoms with Crippen LogP contribution in [0.5, 0.6) is 0 Å². The minimum atomic E-state index is 0.960. The standard InChI is InChI=1S/C13H13N/c1-10(2)14-13-9-5-7-11-6-3-4-8-12(11)13/h3-9,14H,1H2,2H3. The lowest BCUT2D eigenvalue weighted by molar-refractivity contribution is 1.41. The summed E-state index contributed by atoms with van der Waals surface area (Å²) < 4.78 is 0. The fraction of sp³-hybridized carbons (Fsp3) is 0.0769. The van der Waals surface area contributed by atoms with Crippen LogP contribution in [0, 0.1) is 0 Å². The topological polar surface area (TPSA) is 12.0 Å². The highest BCUT2D eigenvalue weighted by Crippen LogP contribution is 2.23. The summed E-state index contributed by atoms with van der Waals surface area (Å²) in [6.45, 7) is 5.81. The Balaban J connectivity index is 2.59. The van der Waals surface area contributed by atoms with Gasteiger partial charge in [-0.15, -0.1) is 0 Å². The zero-order valence-corrected chi connectivity index (χ0v) is 8.25. The van der Waals surface area contributed by atoms with E-state index in [1.807, 2.05) is 25.1 Å². The van der Waals surface area contributed by atoms with Gasteiger partial charge in [0, 0.05) is 16.8 Å². The molecule has 0 amide bonds. The molecular formula is C13H13N. The molecule has 0 saturated carbocycles. The van der Waals surface area contributed by atoms with Gasteiger partial charge in [-0.3, -0.25) is 0 Å². The zero-order chi connectivity index (χ0) is 9.97. The van der Waals surface area contributed by atoms with Crippen molar-refractivity contribution in [1.82, 2.24) is 0 Å². The lowest BCUT2D eigenvalue weighted by Gasteiger charge is -2.08. The van der Waals surface area contributed by atoms with E-state index in [0.29, 0.717) is 0 Å². The lowest BCUT2D eigenvalue weighted by atomic mass is 10.1. The van der Waals surface area contributed by atoms with Crippen molar-refractivity contribution in [2.75, 3.05) is 5.32 Å². The van der Waals surface area contributed by atoms with Gasteiger partial charge < -0.3 is 5.32 Å². The average Bonchev–Trinajstić information content (AvgIpc) is 2.18. The summed E-state index contributed by atoms with van der Waals surface area (Å²) in [6, 6.07) is 14.5. The molecule has 2 aromatic rings. The van der Waals surface area contributed by atoms with Gasteiger partial charge in [-0.05, 0) is 18.4 Å². The molecule has 0 radical (unpaired) electrons. The maximum atomic E-state index is 3.85. The molecule has 0 spiro atoms. The Hall–Kier alpha value is -1.76. The highest BCUT2D eigenvalue weighted by molar-refractivity contribution is 5.94. The fourth-order valence-corrected chi connectivity index (χ4v) is 1.56. The number of rotatable bonds is 2. The molecule has 1 N–H and O–H groups in total. The number of nitrogens with one attached hydrogen (secondary N) is 1. The van der Waals surface area contributed by atoms with E-state index in [2.05, 4.69) is 36.2 Å². The van der Waals surface area contributed by atoms with Crippen molar-refractivity contribution in [3.63, 3.8) is 0 Å². The molecule has 2 rings (SSSR count). The van der Waals surface area contributed by atoms with E-state index >= 15 is 0 Å². The number of benzene rings is 2. The van der Waals surface area contributed by atoms with Gasteiger partial charge in [0.1, 0.15) is 0 Å². The molecule has 0 atom stereocenters. The van der Waals surface area contributed by atoms with Crippen LogP contribution < -0.4 is 5.32 Å². The van der Waals surface area contributed by atoms with Gasteiger partial charge in [0.2, 0.25) is 0 Å². The first-order valence-electron chi connectivity index (χ1n) is 4.67. The van der Waals surface area contributed by atoms with Crippen LogP contribution in [0.1, 0.15) is 6.92 Å². The molecule has 0 aliphatic carbocycles. The highest BCUT2D eigenvalue weighted by Gasteiger charge is 1.98. The zero-order valence-electron chi connectivity index (χ0n) is 8.25. The maximum Gasteiger partial charge on any atom is 0.0461 e. The molecule has 0 aliphatic rings. The molecular weight excluding hydrogens is 170 g/mol. The lowest BCUT2D eigenvalue weighted by Crippen LogP contribution is -1.93. The van der Waals surface area contributed by atoms with Crippen LogP contribution in [0.15, 0.2) is 54.7 Å². The van der Waals surface area contributed by atoms with Gasteiger partial charge in [-0.2, -0.15) is 0 Å². The quantitative estimate of drug-likeness (QED) is 0.747. The normalized spacial score (nSPS) is 10.1. The van der Waals surface area contributed by atoms with E-state index in [1.165, 1.54) is 10.8 Å². The summed E-state index contributed by atoms with van der Waals surface area (Å²) in [6.07, 6.45) is 0. The molecule has 0 aliphatic heterocycles. The van der Waals surface area contributed by atoms with Gasteiger partial charge >= 0.3 is 0 Å². The van der Waals surface area contributed by atoms with Crippen LogP contribution in [0.4, 0.5) is 5.69 Å². The molecule has 14 heavy (non-hydrogen) atoms. The van der Waals surface area contributed by atoms with E-state index in [0.717, 1.165) is 11.4 Å². The van der Waals surface area contributed by atoms with E-state index in [4.69, 9.17) is 0 Å². The van der Waals surface area contributed by atoms with Gasteiger partial charge in [0.15, 0.2) is 0 Å². The third-order valence-electron chi connectivity index (χ3n) is 2.14. The summed E-state index contributed by atoms with van der Waals surface area (Å²) in [5, 5.41) is 5.74. The smallest absolute Gasteiger partial charge is 0.0461 e. The summed E-state index contributed by atoms with van der Waals surface area (Å²) in [7, 11) is 0. The van der Waals surface area contributed by atoms with Crippen LogP contribution >= 0.6 is 0 Å². The molecule has 2 aromatic carbocycles. The van der Waals surface area contributed by atoms with Crippen LogP contribution in [0.2, 0.25) is 0 Å². The summed E-state index contributed by atoms with van der Waals surface area (Å²) in [5.74, 6) is 0. The molecule has 0 heterocycles. The second kappa shape index (κ2) is 3.54. The monoisotopic (exact) mass is 183 g/mol. The first-order valence-corrected chi connectivity index (χ1v) is 4.67. The first-order chi connectivity index (χ1) is 6.77. The Morgan fingerprint density at radius 2 is 1.79 bits per heavy atom. The van der Waals surface area contributed by atoms with Crippen LogP contribution in [0.25, 0.3) is 10.8 Å². The molecule has 0 unspecified atom stereocenters. The van der Waals surface area contributed by atoms with E-state index in [9.17, 15) is 0 Å². The summed E-state index contributed by atoms with van der Waals surface area (Å²) in [5.41, 5.74) is 2.08. The first kappa shape index (κ1) is 8.82. The van der Waals surface area contributed by atoms with Crippen LogP contribution in [-0.2, 0) is 0 Å². The molecule has 1 nitrogen and oxygen atoms in total. The van der Waals surface area contributed by atoms with Crippen molar-refractivity contribution in [3.8, 4) is 0 Å². The number of fused-ring (bicyclic) bond motifs is 1. The van der Waals surface area contributed by atoms with Crippen molar-refractivity contribution < 1.29 is 0 Å². The third kappa shape index (κ3) is 1.62. The number of allylic oxidation sites excluding steroid dienone is 1. The molecule has 70 valence electrons. The van der Waals surface area contributed by atoms with E-state index in [-0.39, 0.29) is 0 Å². The van der Waals surface area contributed by atoms with E-state index in [1.54, 1.807) is 0 Å². The van der Waals surface area contributed by atoms with Crippen LogP contribution in [-0.4, -0.2) is 0 Å². The minimum absolute atomic E-state index is 0.960. The second-order valence-electron chi connectivity index (χ2n) is 3.43. The molecule has 0 saturated heterocycles. The number of hydrogen-bond acceptors (Lipinski definition) is 1. The van der Waals surface area contributed by atoms with E-state index < -0.39 is 0 Å². The fourth-order valence-electron chi connectivity index (χ4n) is 1.56. The summed E-state index contributed by atoms with van der Waals surface area (Å²) in [4.78, 5) is 0. The van der Waals surface area contributed by atoms with Crippen molar-refractivity contribution in [3.05, 3.63) is 54.7 Å². The largest absolute Gasteiger partial charge is 0.359 e. The Bertz CT molecular complexity index is 466. The Labute approximate surface area is 84.1 Å². The van der Waals surface area contributed by atoms with Crippen molar-refractivity contribution >= 4 is 16.5 Å². The SMILES string of the molecule is C=C(C)Nc1cccc2ccccc12. The minimum Gasteiger partial charge on any atom is -0.359 e. The predicted molar refractivity (Wildman–Crippen MR) is 62.4 cm³/mol. The number of hydrogen-bond donors (Lipinski definition) is 1. The Kier molecular flexibility index (Phi) is 2.23. The molecule has 0 fully saturated rings. The Morgan fingerprint density at radius 1 is 1.07 bits per heavy atom. The molecule has 0 aromatic heterocycles. The van der Waals surface area contributed by atoms with Gasteiger partial charge in [-0.1, -0.05) is 43.0 Å². The predicted octanol–water partition coefficient (Wildman–Crippen LogP) is 3.79. The Morgan fingerprint density at radius 3 is 2.57 bits per heavy atom.